The van der Waals surface area contributed by atoms with Crippen molar-refractivity contribution in [3.63, 3.8) is 0 Å². The van der Waals surface area contributed by atoms with Crippen molar-refractivity contribution in [3.05, 3.63) is 58.8 Å². The number of aromatic nitrogens is 1. The molecule has 1 aliphatic rings. The molecule has 1 aromatic heterocycles. The maximum absolute atomic E-state index is 13.3. The lowest BCUT2D eigenvalue weighted by Gasteiger charge is -2.26. The van der Waals surface area contributed by atoms with Crippen LogP contribution in [0.5, 0.6) is 5.75 Å². The van der Waals surface area contributed by atoms with Gasteiger partial charge in [0.2, 0.25) is 10.0 Å². The molecule has 3 aromatic rings. The van der Waals surface area contributed by atoms with Crippen molar-refractivity contribution in [3.8, 4) is 17.0 Å². The summed E-state index contributed by atoms with van der Waals surface area (Å²) in [7, 11) is -2.24. The van der Waals surface area contributed by atoms with E-state index in [1.807, 2.05) is 0 Å². The summed E-state index contributed by atoms with van der Waals surface area (Å²) in [5.74, 6) is 0.113. The smallest absolute Gasteiger partial charge is 0.261 e. The lowest BCUT2D eigenvalue weighted by molar-refractivity contribution is 0.102. The Morgan fingerprint density at radius 3 is 2.58 bits per heavy atom. The van der Waals surface area contributed by atoms with Gasteiger partial charge in [-0.1, -0.05) is 41.4 Å². The van der Waals surface area contributed by atoms with Gasteiger partial charge in [-0.3, -0.25) is 4.79 Å². The van der Waals surface area contributed by atoms with Crippen LogP contribution in [-0.2, 0) is 10.0 Å². The molecule has 0 aliphatic carbocycles. The minimum Gasteiger partial charge on any atom is -0.495 e. The lowest BCUT2D eigenvalue weighted by atomic mass is 10.1. The van der Waals surface area contributed by atoms with Gasteiger partial charge in [0.25, 0.3) is 5.91 Å². The number of benzene rings is 2. The molecule has 2 heterocycles. The van der Waals surface area contributed by atoms with Crippen LogP contribution in [0.15, 0.2) is 51.9 Å². The van der Waals surface area contributed by atoms with Gasteiger partial charge in [0.05, 0.1) is 22.7 Å². The molecular weight excluding hydrogens is 466 g/mol. The molecule has 1 N–H and O–H groups in total. The molecular formula is C23H24ClN3O5S. The fraction of sp³-hybridized carbons (Fsp3) is 0.304. The molecule has 4 rings (SSSR count). The minimum absolute atomic E-state index is 0.0915. The highest BCUT2D eigenvalue weighted by Gasteiger charge is 2.28. The van der Waals surface area contributed by atoms with Gasteiger partial charge in [-0.05, 0) is 44.0 Å². The number of carbonyl (C=O) groups excluding carboxylic acids is 1. The first kappa shape index (κ1) is 23.3. The van der Waals surface area contributed by atoms with E-state index < -0.39 is 15.9 Å². The number of piperidine rings is 1. The Hall–Kier alpha value is -2.88. The van der Waals surface area contributed by atoms with E-state index in [9.17, 15) is 13.2 Å². The fourth-order valence-electron chi connectivity index (χ4n) is 3.86. The summed E-state index contributed by atoms with van der Waals surface area (Å²) >= 11 is 6.29. The zero-order chi connectivity index (χ0) is 23.6. The topological polar surface area (TPSA) is 102 Å². The summed E-state index contributed by atoms with van der Waals surface area (Å²) in [6.07, 6.45) is 2.68. The first-order chi connectivity index (χ1) is 15.8. The Labute approximate surface area is 197 Å². The monoisotopic (exact) mass is 489 g/mol. The molecule has 0 unspecified atom stereocenters. The third-order valence-corrected chi connectivity index (χ3v) is 7.81. The first-order valence-corrected chi connectivity index (χ1v) is 12.4. The predicted molar refractivity (Wildman–Crippen MR) is 125 cm³/mol. The Balaban J connectivity index is 1.69. The zero-order valence-corrected chi connectivity index (χ0v) is 19.9. The number of nitrogens with one attached hydrogen (secondary N) is 1. The summed E-state index contributed by atoms with van der Waals surface area (Å²) in [5.41, 5.74) is 1.28. The number of halogens is 1. The summed E-state index contributed by atoms with van der Waals surface area (Å²) in [6.45, 7) is 2.59. The predicted octanol–water partition coefficient (Wildman–Crippen LogP) is 4.74. The number of carbonyl (C=O) groups is 1. The van der Waals surface area contributed by atoms with E-state index >= 15 is 0 Å². The third-order valence-electron chi connectivity index (χ3n) is 5.59. The Kier molecular flexibility index (Phi) is 6.73. The molecule has 0 radical (unpaired) electrons. The van der Waals surface area contributed by atoms with Gasteiger partial charge in [-0.2, -0.15) is 4.31 Å². The van der Waals surface area contributed by atoms with E-state index in [1.54, 1.807) is 31.2 Å². The number of anilines is 1. The normalized spacial score (nSPS) is 14.8. The van der Waals surface area contributed by atoms with Crippen LogP contribution in [0.2, 0.25) is 5.02 Å². The van der Waals surface area contributed by atoms with E-state index in [0.717, 1.165) is 19.3 Å². The van der Waals surface area contributed by atoms with Gasteiger partial charge in [0.15, 0.2) is 0 Å². The molecule has 0 spiro atoms. The third kappa shape index (κ3) is 4.62. The van der Waals surface area contributed by atoms with Crippen LogP contribution in [-0.4, -0.2) is 44.0 Å². The second-order valence-electron chi connectivity index (χ2n) is 7.72. The Bertz CT molecular complexity index is 1280. The molecule has 0 bridgehead atoms. The van der Waals surface area contributed by atoms with E-state index in [0.29, 0.717) is 40.9 Å². The summed E-state index contributed by atoms with van der Waals surface area (Å²) < 4.78 is 38.3. The zero-order valence-electron chi connectivity index (χ0n) is 18.3. The van der Waals surface area contributed by atoms with Crippen molar-refractivity contribution in [2.24, 2.45) is 0 Å². The molecule has 174 valence electrons. The molecule has 1 saturated heterocycles. The van der Waals surface area contributed by atoms with E-state index in [1.165, 1.54) is 29.6 Å². The number of ether oxygens (including phenoxy) is 1. The quantitative estimate of drug-likeness (QED) is 0.536. The molecule has 0 saturated carbocycles. The number of nitrogens with zero attached hydrogens (tertiary/aromatic N) is 2. The Morgan fingerprint density at radius 1 is 1.15 bits per heavy atom. The van der Waals surface area contributed by atoms with Crippen molar-refractivity contribution in [2.75, 3.05) is 25.5 Å². The second kappa shape index (κ2) is 9.54. The van der Waals surface area contributed by atoms with E-state index in [4.69, 9.17) is 20.9 Å². The summed E-state index contributed by atoms with van der Waals surface area (Å²) in [5, 5.41) is 7.20. The molecule has 8 nitrogen and oxygen atoms in total. The molecule has 1 fully saturated rings. The first-order valence-electron chi connectivity index (χ1n) is 10.5. The molecule has 33 heavy (non-hydrogen) atoms. The van der Waals surface area contributed by atoms with Crippen molar-refractivity contribution >= 4 is 33.2 Å². The molecule has 0 atom stereocenters. The highest BCUT2D eigenvalue weighted by Crippen LogP contribution is 2.34. The summed E-state index contributed by atoms with van der Waals surface area (Å²) in [6, 6.07) is 11.4. The molecule has 10 heteroatoms. The number of aryl methyl sites for hydroxylation is 1. The van der Waals surface area contributed by atoms with Gasteiger partial charge in [-0.15, -0.1) is 0 Å². The number of rotatable bonds is 6. The number of hydrogen-bond acceptors (Lipinski definition) is 6. The molecule has 2 aromatic carbocycles. The van der Waals surface area contributed by atoms with Gasteiger partial charge in [-0.25, -0.2) is 8.42 Å². The van der Waals surface area contributed by atoms with E-state index in [2.05, 4.69) is 10.5 Å². The average Bonchev–Trinajstić information content (AvgIpc) is 3.21. The lowest BCUT2D eigenvalue weighted by Crippen LogP contribution is -2.35. The molecule has 1 amide bonds. The number of sulfonamides is 1. The fourth-order valence-corrected chi connectivity index (χ4v) is 5.63. The highest BCUT2D eigenvalue weighted by atomic mass is 35.5. The van der Waals surface area contributed by atoms with Crippen LogP contribution >= 0.6 is 11.6 Å². The number of amides is 1. The molecule has 1 aliphatic heterocycles. The van der Waals surface area contributed by atoms with E-state index in [-0.39, 0.29) is 16.1 Å². The van der Waals surface area contributed by atoms with Gasteiger partial charge < -0.3 is 14.6 Å². The second-order valence-corrected chi connectivity index (χ2v) is 10.1. The van der Waals surface area contributed by atoms with Gasteiger partial charge in [0, 0.05) is 18.7 Å². The van der Waals surface area contributed by atoms with Crippen LogP contribution in [0.3, 0.4) is 0 Å². The van der Waals surface area contributed by atoms with Crippen LogP contribution < -0.4 is 10.1 Å². The number of methoxy groups -OCH3 is 1. The SMILES string of the molecule is COc1ccc(S(=O)(=O)N2CCCCC2)cc1NC(=O)c1c(-c2ccccc2Cl)noc1C. The average molecular weight is 490 g/mol. The van der Waals surface area contributed by atoms with Crippen LogP contribution in [0.1, 0.15) is 35.4 Å². The van der Waals surface area contributed by atoms with Crippen LogP contribution in [0.4, 0.5) is 5.69 Å². The van der Waals surface area contributed by atoms with Crippen molar-refractivity contribution in [1.29, 1.82) is 0 Å². The van der Waals surface area contributed by atoms with Crippen LogP contribution in [0.25, 0.3) is 11.3 Å². The maximum atomic E-state index is 13.3. The Morgan fingerprint density at radius 2 is 1.88 bits per heavy atom. The van der Waals surface area contributed by atoms with Crippen molar-refractivity contribution < 1.29 is 22.5 Å². The van der Waals surface area contributed by atoms with Crippen molar-refractivity contribution in [2.45, 2.75) is 31.1 Å². The van der Waals surface area contributed by atoms with Crippen LogP contribution in [0, 0.1) is 6.92 Å². The van der Waals surface area contributed by atoms with Gasteiger partial charge >= 0.3 is 0 Å². The minimum atomic E-state index is -3.69. The summed E-state index contributed by atoms with van der Waals surface area (Å²) in [4.78, 5) is 13.4. The number of hydrogen-bond donors (Lipinski definition) is 1. The van der Waals surface area contributed by atoms with Crippen molar-refractivity contribution in [1.82, 2.24) is 9.46 Å². The maximum Gasteiger partial charge on any atom is 0.261 e. The largest absolute Gasteiger partial charge is 0.495 e. The highest BCUT2D eigenvalue weighted by molar-refractivity contribution is 7.89. The standard InChI is InChI=1S/C23H24ClN3O5S/c1-15-21(22(26-32-15)17-8-4-5-9-18(17)24)23(28)25-19-14-16(10-11-20(19)31-2)33(29,30)27-12-6-3-7-13-27/h4-5,8-11,14H,3,6-7,12-13H2,1-2H3,(H,25,28). The van der Waals surface area contributed by atoms with Gasteiger partial charge in [0.1, 0.15) is 22.8 Å².